The van der Waals surface area contributed by atoms with Crippen molar-refractivity contribution in [2.75, 3.05) is 26.7 Å². The van der Waals surface area contributed by atoms with Gasteiger partial charge in [-0.25, -0.2) is 4.39 Å². The fraction of sp³-hybridized carbons (Fsp3) is 0.333. The summed E-state index contributed by atoms with van der Waals surface area (Å²) in [7, 11) is 1.63. The van der Waals surface area contributed by atoms with Gasteiger partial charge in [0.15, 0.2) is 0 Å². The summed E-state index contributed by atoms with van der Waals surface area (Å²) in [4.78, 5) is 30.9. The smallest absolute Gasteiger partial charge is 0.264 e. The quantitative estimate of drug-likeness (QED) is 0.437. The molecular weight excluding hydrogens is 479 g/mol. The van der Waals surface area contributed by atoms with Gasteiger partial charge in [0, 0.05) is 38.8 Å². The lowest BCUT2D eigenvalue weighted by Crippen LogP contribution is -2.46. The topological polar surface area (TPSA) is 87.9 Å². The number of nitrogens with one attached hydrogen (secondary N) is 1. The van der Waals surface area contributed by atoms with Crippen LogP contribution < -0.4 is 15.8 Å². The summed E-state index contributed by atoms with van der Waals surface area (Å²) in [5.41, 5.74) is 7.59. The Hall–Kier alpha value is -3.27. The van der Waals surface area contributed by atoms with Crippen LogP contribution in [-0.4, -0.2) is 60.4 Å². The number of ether oxygens (including phenoxy) is 1. The first-order valence-electron chi connectivity index (χ1n) is 11.9. The molecule has 1 aromatic heterocycles. The third-order valence-corrected chi connectivity index (χ3v) is 7.21. The molecule has 2 amide bonds. The van der Waals surface area contributed by atoms with Gasteiger partial charge in [-0.3, -0.25) is 14.5 Å². The Morgan fingerprint density at radius 2 is 1.92 bits per heavy atom. The lowest BCUT2D eigenvalue weighted by Gasteiger charge is -2.29. The molecule has 4 rings (SSSR count). The van der Waals surface area contributed by atoms with Crippen molar-refractivity contribution in [1.82, 2.24) is 15.1 Å². The predicted molar refractivity (Wildman–Crippen MR) is 138 cm³/mol. The average molecular weight is 511 g/mol. The van der Waals surface area contributed by atoms with Crippen LogP contribution in [0.1, 0.15) is 27.2 Å². The van der Waals surface area contributed by atoms with E-state index in [0.29, 0.717) is 44.0 Å². The van der Waals surface area contributed by atoms with E-state index < -0.39 is 6.04 Å². The largest absolute Gasteiger partial charge is 0.497 e. The van der Waals surface area contributed by atoms with Crippen LogP contribution in [0.3, 0.4) is 0 Å². The molecule has 3 N–H and O–H groups in total. The molecule has 0 saturated carbocycles. The van der Waals surface area contributed by atoms with Gasteiger partial charge in [0.05, 0.1) is 12.0 Å². The number of thiophene rings is 1. The predicted octanol–water partition coefficient (Wildman–Crippen LogP) is 3.26. The zero-order valence-corrected chi connectivity index (χ0v) is 21.0. The highest BCUT2D eigenvalue weighted by molar-refractivity contribution is 7.12. The molecule has 2 atom stereocenters. The van der Waals surface area contributed by atoms with Crippen molar-refractivity contribution in [2.24, 2.45) is 5.73 Å². The number of carbonyl (C=O) groups excluding carboxylic acids is 2. The Morgan fingerprint density at radius 3 is 2.61 bits per heavy atom. The molecule has 36 heavy (non-hydrogen) atoms. The number of nitrogens with two attached hydrogens (primary N) is 1. The molecule has 2 heterocycles. The molecule has 9 heteroatoms. The van der Waals surface area contributed by atoms with E-state index >= 15 is 0 Å². The van der Waals surface area contributed by atoms with Crippen LogP contribution in [0, 0.1) is 5.82 Å². The van der Waals surface area contributed by atoms with E-state index in [4.69, 9.17) is 10.5 Å². The van der Waals surface area contributed by atoms with Crippen molar-refractivity contribution < 1.29 is 18.7 Å². The minimum Gasteiger partial charge on any atom is -0.497 e. The Kier molecular flexibility index (Phi) is 8.69. The molecule has 0 radical (unpaired) electrons. The molecular formula is C27H31FN4O3S. The third kappa shape index (κ3) is 6.29. The zero-order valence-electron chi connectivity index (χ0n) is 20.2. The maximum Gasteiger partial charge on any atom is 0.264 e. The lowest BCUT2D eigenvalue weighted by atomic mass is 10.1. The first-order chi connectivity index (χ1) is 17.5. The van der Waals surface area contributed by atoms with E-state index in [1.807, 2.05) is 35.7 Å². The summed E-state index contributed by atoms with van der Waals surface area (Å²) in [5, 5.41) is 4.71. The number of carbonyl (C=O) groups is 2. The first-order valence-corrected chi connectivity index (χ1v) is 12.8. The highest BCUT2D eigenvalue weighted by atomic mass is 32.1. The SMILES string of the molecule is COc1cccc(CN(Cc2ccc(F)cc2)C2CC(C(=O)NCCN)N(C(=O)c3cccs3)C2)c1. The van der Waals surface area contributed by atoms with Gasteiger partial charge in [0.25, 0.3) is 5.91 Å². The van der Waals surface area contributed by atoms with Gasteiger partial charge >= 0.3 is 0 Å². The minimum absolute atomic E-state index is 0.0845. The van der Waals surface area contributed by atoms with Crippen LogP contribution in [-0.2, 0) is 17.9 Å². The first kappa shape index (κ1) is 25.8. The second-order valence-corrected chi connectivity index (χ2v) is 9.75. The van der Waals surface area contributed by atoms with Crippen LogP contribution in [0.2, 0.25) is 0 Å². The fourth-order valence-corrected chi connectivity index (χ4v) is 5.23. The van der Waals surface area contributed by atoms with Gasteiger partial charge in [-0.1, -0.05) is 30.3 Å². The Bertz CT molecular complexity index is 1160. The summed E-state index contributed by atoms with van der Waals surface area (Å²) in [6.45, 7) is 2.21. The normalized spacial score (nSPS) is 17.4. The molecule has 0 aliphatic carbocycles. The van der Waals surface area contributed by atoms with Gasteiger partial charge in [-0.2, -0.15) is 0 Å². The second kappa shape index (κ2) is 12.1. The van der Waals surface area contributed by atoms with Crippen LogP contribution in [0.25, 0.3) is 0 Å². The summed E-state index contributed by atoms with van der Waals surface area (Å²) >= 11 is 1.36. The molecule has 1 saturated heterocycles. The van der Waals surface area contributed by atoms with Crippen molar-refractivity contribution in [3.05, 3.63) is 87.9 Å². The molecule has 1 fully saturated rings. The van der Waals surface area contributed by atoms with Gasteiger partial charge in [0.1, 0.15) is 17.6 Å². The van der Waals surface area contributed by atoms with Crippen molar-refractivity contribution >= 4 is 23.2 Å². The van der Waals surface area contributed by atoms with E-state index in [9.17, 15) is 14.0 Å². The Labute approximate surface area is 214 Å². The van der Waals surface area contributed by atoms with Crippen LogP contribution in [0.5, 0.6) is 5.75 Å². The number of benzene rings is 2. The van der Waals surface area contributed by atoms with E-state index in [1.165, 1.54) is 23.5 Å². The molecule has 0 bridgehead atoms. The molecule has 0 spiro atoms. The van der Waals surface area contributed by atoms with E-state index in [2.05, 4.69) is 10.2 Å². The van der Waals surface area contributed by atoms with Gasteiger partial charge in [0.2, 0.25) is 5.91 Å². The number of halogens is 1. The third-order valence-electron chi connectivity index (χ3n) is 6.35. The van der Waals surface area contributed by atoms with Gasteiger partial charge in [-0.15, -0.1) is 11.3 Å². The van der Waals surface area contributed by atoms with Crippen molar-refractivity contribution in [3.63, 3.8) is 0 Å². The Balaban J connectivity index is 1.62. The van der Waals surface area contributed by atoms with Crippen molar-refractivity contribution in [1.29, 1.82) is 0 Å². The second-order valence-electron chi connectivity index (χ2n) is 8.80. The summed E-state index contributed by atoms with van der Waals surface area (Å²) in [5.74, 6) is 0.122. The van der Waals surface area contributed by atoms with Gasteiger partial charge in [-0.05, 0) is 53.3 Å². The van der Waals surface area contributed by atoms with E-state index in [1.54, 1.807) is 30.2 Å². The molecule has 7 nitrogen and oxygen atoms in total. The number of rotatable bonds is 10. The molecule has 2 unspecified atom stereocenters. The number of likely N-dealkylation sites (tertiary alicyclic amines) is 1. The zero-order chi connectivity index (χ0) is 25.5. The van der Waals surface area contributed by atoms with E-state index in [0.717, 1.165) is 16.9 Å². The Morgan fingerprint density at radius 1 is 1.14 bits per heavy atom. The average Bonchev–Trinajstić information content (AvgIpc) is 3.59. The molecule has 3 aromatic rings. The molecule has 1 aliphatic heterocycles. The number of hydrogen-bond donors (Lipinski definition) is 2. The highest BCUT2D eigenvalue weighted by Gasteiger charge is 2.42. The van der Waals surface area contributed by atoms with Crippen LogP contribution in [0.4, 0.5) is 4.39 Å². The number of hydrogen-bond acceptors (Lipinski definition) is 6. The highest BCUT2D eigenvalue weighted by Crippen LogP contribution is 2.29. The molecule has 2 aromatic carbocycles. The maximum atomic E-state index is 13.5. The standard InChI is InChI=1S/C27H31FN4O3S/c1-35-23-5-2-4-20(14-23)17-31(16-19-7-9-21(28)10-8-19)22-15-24(26(33)30-12-11-29)32(18-22)27(34)25-6-3-13-36-25/h2-10,13-14,22,24H,11-12,15-18,29H2,1H3,(H,30,33). The van der Waals surface area contributed by atoms with E-state index in [-0.39, 0.29) is 23.7 Å². The summed E-state index contributed by atoms with van der Waals surface area (Å²) in [6, 6.07) is 17.2. The number of amides is 2. The summed E-state index contributed by atoms with van der Waals surface area (Å²) < 4.78 is 18.9. The van der Waals surface area contributed by atoms with Crippen LogP contribution in [0.15, 0.2) is 66.0 Å². The van der Waals surface area contributed by atoms with Crippen LogP contribution >= 0.6 is 11.3 Å². The molecule has 1 aliphatic rings. The number of methoxy groups -OCH3 is 1. The molecule has 190 valence electrons. The monoisotopic (exact) mass is 510 g/mol. The van der Waals surface area contributed by atoms with Crippen molar-refractivity contribution in [2.45, 2.75) is 31.6 Å². The minimum atomic E-state index is -0.600. The lowest BCUT2D eigenvalue weighted by molar-refractivity contribution is -0.124. The van der Waals surface area contributed by atoms with Gasteiger partial charge < -0.3 is 20.7 Å². The summed E-state index contributed by atoms with van der Waals surface area (Å²) in [6.07, 6.45) is 0.485. The van der Waals surface area contributed by atoms with Crippen molar-refractivity contribution in [3.8, 4) is 5.75 Å². The number of nitrogens with zero attached hydrogens (tertiary/aromatic N) is 2. The fourth-order valence-electron chi connectivity index (χ4n) is 4.55. The maximum absolute atomic E-state index is 13.5.